The number of nitrogens with one attached hydrogen (secondary N) is 3. The highest BCUT2D eigenvalue weighted by Crippen LogP contribution is 2.22. The van der Waals surface area contributed by atoms with Crippen LogP contribution in [0.1, 0.15) is 29.7 Å². The van der Waals surface area contributed by atoms with E-state index in [4.69, 9.17) is 0 Å². The van der Waals surface area contributed by atoms with Crippen molar-refractivity contribution in [1.29, 1.82) is 0 Å². The number of rotatable bonds is 9. The van der Waals surface area contributed by atoms with Gasteiger partial charge in [0, 0.05) is 47.8 Å². The lowest BCUT2D eigenvalue weighted by Gasteiger charge is -2.11. The maximum Gasteiger partial charge on any atom is 0.224 e. The first-order valence-corrected chi connectivity index (χ1v) is 11.1. The molecule has 2 aromatic carbocycles. The molecule has 2 heterocycles. The van der Waals surface area contributed by atoms with Crippen LogP contribution in [0.3, 0.4) is 0 Å². The lowest BCUT2D eigenvalue weighted by atomic mass is 10.1. The van der Waals surface area contributed by atoms with E-state index in [1.54, 1.807) is 0 Å². The third-order valence-electron chi connectivity index (χ3n) is 5.28. The van der Waals surface area contributed by atoms with Crippen LogP contribution in [0.2, 0.25) is 0 Å². The summed E-state index contributed by atoms with van der Waals surface area (Å²) in [5.74, 6) is 1.45. The Morgan fingerprint density at radius 1 is 0.750 bits per heavy atom. The number of nitrogens with zero attached hydrogens (tertiary/aromatic N) is 3. The molecule has 3 N–H and O–H groups in total. The maximum atomic E-state index is 4.60. The molecule has 0 aliphatic heterocycles. The van der Waals surface area contributed by atoms with Crippen LogP contribution in [0.5, 0.6) is 0 Å². The van der Waals surface area contributed by atoms with E-state index in [0.29, 0.717) is 5.95 Å². The molecule has 164 valence electrons. The second-order valence-electron chi connectivity index (χ2n) is 8.15. The van der Waals surface area contributed by atoms with E-state index in [1.165, 1.54) is 11.1 Å². The van der Waals surface area contributed by atoms with Gasteiger partial charge in [0.05, 0.1) is 5.52 Å². The van der Waals surface area contributed by atoms with Gasteiger partial charge in [-0.3, -0.25) is 4.98 Å². The van der Waals surface area contributed by atoms with Gasteiger partial charge in [-0.05, 0) is 63.4 Å². The van der Waals surface area contributed by atoms with E-state index >= 15 is 0 Å². The van der Waals surface area contributed by atoms with E-state index in [1.807, 2.05) is 25.3 Å². The number of anilines is 4. The summed E-state index contributed by atoms with van der Waals surface area (Å²) in [5.41, 5.74) is 6.57. The fourth-order valence-electron chi connectivity index (χ4n) is 3.58. The fraction of sp³-hybridized carbons (Fsp3) is 0.269. The zero-order valence-electron chi connectivity index (χ0n) is 18.9. The molecule has 0 unspecified atom stereocenters. The topological polar surface area (TPSA) is 74.8 Å². The van der Waals surface area contributed by atoms with Crippen molar-refractivity contribution in [3.63, 3.8) is 0 Å². The summed E-state index contributed by atoms with van der Waals surface area (Å²) >= 11 is 0. The third kappa shape index (κ3) is 5.72. The van der Waals surface area contributed by atoms with Gasteiger partial charge in [-0.2, -0.15) is 4.98 Å². The molecule has 32 heavy (non-hydrogen) atoms. The smallest absolute Gasteiger partial charge is 0.224 e. The monoisotopic (exact) mass is 426 g/mol. The minimum Gasteiger partial charge on any atom is -0.384 e. The molecular weight excluding hydrogens is 396 g/mol. The summed E-state index contributed by atoms with van der Waals surface area (Å²) in [4.78, 5) is 13.6. The number of pyridine rings is 1. The second kappa shape index (κ2) is 10.1. The minimum absolute atomic E-state index is 0.656. The van der Waals surface area contributed by atoms with E-state index < -0.39 is 0 Å². The molecule has 0 amide bonds. The maximum absolute atomic E-state index is 4.60. The zero-order valence-corrected chi connectivity index (χ0v) is 18.9. The first-order valence-electron chi connectivity index (χ1n) is 11.1. The van der Waals surface area contributed by atoms with Crippen molar-refractivity contribution in [2.45, 2.75) is 33.6 Å². The summed E-state index contributed by atoms with van der Waals surface area (Å²) < 4.78 is 0. The molecule has 4 rings (SSSR count). The second-order valence-corrected chi connectivity index (χ2v) is 8.15. The van der Waals surface area contributed by atoms with Crippen LogP contribution >= 0.6 is 0 Å². The number of hydrogen-bond acceptors (Lipinski definition) is 6. The Balaban J connectivity index is 1.25. The molecule has 0 bridgehead atoms. The largest absolute Gasteiger partial charge is 0.384 e. The van der Waals surface area contributed by atoms with Gasteiger partial charge < -0.3 is 16.0 Å². The van der Waals surface area contributed by atoms with E-state index in [9.17, 15) is 0 Å². The third-order valence-corrected chi connectivity index (χ3v) is 5.28. The van der Waals surface area contributed by atoms with Gasteiger partial charge in [0.2, 0.25) is 5.95 Å². The molecule has 0 radical (unpaired) electrons. The van der Waals surface area contributed by atoms with Crippen LogP contribution in [-0.2, 0) is 0 Å². The molecule has 4 aromatic rings. The summed E-state index contributed by atoms with van der Waals surface area (Å²) in [6, 6.07) is 18.7. The first-order chi connectivity index (χ1) is 15.6. The van der Waals surface area contributed by atoms with Crippen molar-refractivity contribution in [3.05, 3.63) is 77.6 Å². The van der Waals surface area contributed by atoms with Crippen molar-refractivity contribution >= 4 is 34.0 Å². The molecule has 0 aliphatic carbocycles. The van der Waals surface area contributed by atoms with Crippen molar-refractivity contribution in [2.75, 3.05) is 29.0 Å². The summed E-state index contributed by atoms with van der Waals surface area (Å²) in [6.07, 6.45) is 3.93. The SMILES string of the molecule is Cc1ccc(Nc2cc(C)nc(NCCCCNc3ccnc4cc(C)ccc34)n2)cc1. The quantitative estimate of drug-likeness (QED) is 0.285. The normalized spacial score (nSPS) is 10.8. The average molecular weight is 427 g/mol. The predicted molar refractivity (Wildman–Crippen MR) is 134 cm³/mol. The molecule has 2 aromatic heterocycles. The molecule has 0 saturated heterocycles. The van der Waals surface area contributed by atoms with Crippen molar-refractivity contribution < 1.29 is 0 Å². The molecule has 0 atom stereocenters. The van der Waals surface area contributed by atoms with Crippen LogP contribution in [-0.4, -0.2) is 28.0 Å². The number of benzene rings is 2. The van der Waals surface area contributed by atoms with Crippen molar-refractivity contribution in [3.8, 4) is 0 Å². The van der Waals surface area contributed by atoms with Gasteiger partial charge in [-0.1, -0.05) is 29.8 Å². The predicted octanol–water partition coefficient (Wildman–Crippen LogP) is 6.00. The van der Waals surface area contributed by atoms with E-state index in [0.717, 1.165) is 59.7 Å². The fourth-order valence-corrected chi connectivity index (χ4v) is 3.58. The zero-order chi connectivity index (χ0) is 22.3. The molecule has 0 saturated carbocycles. The van der Waals surface area contributed by atoms with Gasteiger partial charge in [0.15, 0.2) is 0 Å². The summed E-state index contributed by atoms with van der Waals surface area (Å²) in [5, 5.41) is 11.4. The Morgan fingerprint density at radius 2 is 1.50 bits per heavy atom. The molecule has 0 spiro atoms. The summed E-state index contributed by atoms with van der Waals surface area (Å²) in [7, 11) is 0. The van der Waals surface area contributed by atoms with Crippen LogP contribution < -0.4 is 16.0 Å². The Labute approximate surface area is 189 Å². The lowest BCUT2D eigenvalue weighted by molar-refractivity contribution is 0.790. The molecule has 0 aliphatic rings. The highest BCUT2D eigenvalue weighted by atomic mass is 15.1. The van der Waals surface area contributed by atoms with Crippen LogP contribution in [0, 0.1) is 20.8 Å². The van der Waals surface area contributed by atoms with Gasteiger partial charge in [0.25, 0.3) is 0 Å². The molecule has 6 heteroatoms. The van der Waals surface area contributed by atoms with E-state index in [2.05, 4.69) is 87.2 Å². The lowest BCUT2D eigenvalue weighted by Crippen LogP contribution is -2.10. The Kier molecular flexibility index (Phi) is 6.80. The number of aryl methyl sites for hydroxylation is 3. The van der Waals surface area contributed by atoms with Gasteiger partial charge in [0.1, 0.15) is 5.82 Å². The summed E-state index contributed by atoms with van der Waals surface area (Å²) in [6.45, 7) is 7.89. The first kappa shape index (κ1) is 21.6. The minimum atomic E-state index is 0.656. The van der Waals surface area contributed by atoms with Crippen molar-refractivity contribution in [1.82, 2.24) is 15.0 Å². The number of aromatic nitrogens is 3. The Hall–Kier alpha value is -3.67. The highest BCUT2D eigenvalue weighted by molar-refractivity contribution is 5.91. The number of fused-ring (bicyclic) bond motifs is 1. The Morgan fingerprint density at radius 3 is 2.31 bits per heavy atom. The number of unbranched alkanes of at least 4 members (excludes halogenated alkanes) is 1. The van der Waals surface area contributed by atoms with Crippen LogP contribution in [0.25, 0.3) is 10.9 Å². The van der Waals surface area contributed by atoms with Gasteiger partial charge in [-0.25, -0.2) is 4.98 Å². The average Bonchev–Trinajstić information content (AvgIpc) is 2.77. The van der Waals surface area contributed by atoms with Gasteiger partial charge in [-0.15, -0.1) is 0 Å². The molecule has 0 fully saturated rings. The molecule has 6 nitrogen and oxygen atoms in total. The van der Waals surface area contributed by atoms with Crippen LogP contribution in [0.15, 0.2) is 60.8 Å². The van der Waals surface area contributed by atoms with Crippen LogP contribution in [0.4, 0.5) is 23.1 Å². The van der Waals surface area contributed by atoms with E-state index in [-0.39, 0.29) is 0 Å². The number of hydrogen-bond donors (Lipinski definition) is 3. The molecular formula is C26H30N6. The van der Waals surface area contributed by atoms with Gasteiger partial charge >= 0.3 is 0 Å². The standard InChI is InChI=1S/C26H30N6/c1-18-6-9-21(10-7-18)31-25-17-20(3)30-26(32-25)29-14-5-4-13-27-23-12-15-28-24-16-19(2)8-11-22(23)24/h6-12,15-17H,4-5,13-14H2,1-3H3,(H,27,28)(H2,29,30,31,32). The Bertz CT molecular complexity index is 1190. The highest BCUT2D eigenvalue weighted by Gasteiger charge is 2.04. The van der Waals surface area contributed by atoms with Crippen molar-refractivity contribution in [2.24, 2.45) is 0 Å².